The summed E-state index contributed by atoms with van der Waals surface area (Å²) in [5.41, 5.74) is 0.496. The molecule has 2 aromatic rings. The number of hydrogen-bond acceptors (Lipinski definition) is 3. The SMILES string of the molecule is CN(CC(=O)NCc1ccccc1F)Cc1ccc(Br)s1. The summed E-state index contributed by atoms with van der Waals surface area (Å²) in [7, 11) is 1.89. The van der Waals surface area contributed by atoms with Crippen molar-refractivity contribution in [3.8, 4) is 0 Å². The number of carbonyl (C=O) groups is 1. The average molecular weight is 371 g/mol. The molecule has 0 aliphatic rings. The molecule has 0 fully saturated rings. The molecule has 0 radical (unpaired) electrons. The Bertz CT molecular complexity index is 617. The summed E-state index contributed by atoms with van der Waals surface area (Å²) in [6, 6.07) is 10.5. The van der Waals surface area contributed by atoms with Gasteiger partial charge in [-0.3, -0.25) is 9.69 Å². The molecular formula is C15H16BrFN2OS. The van der Waals surface area contributed by atoms with Gasteiger partial charge in [-0.05, 0) is 41.2 Å². The van der Waals surface area contributed by atoms with Crippen LogP contribution in [-0.2, 0) is 17.9 Å². The third kappa shape index (κ3) is 5.22. The van der Waals surface area contributed by atoms with E-state index in [0.29, 0.717) is 12.1 Å². The van der Waals surface area contributed by atoms with Gasteiger partial charge >= 0.3 is 0 Å². The van der Waals surface area contributed by atoms with Crippen LogP contribution in [0.1, 0.15) is 10.4 Å². The van der Waals surface area contributed by atoms with Crippen LogP contribution in [0.15, 0.2) is 40.2 Å². The van der Waals surface area contributed by atoms with Crippen LogP contribution in [0.5, 0.6) is 0 Å². The number of likely N-dealkylation sites (N-methyl/N-ethyl adjacent to an activating group) is 1. The second-order valence-electron chi connectivity index (χ2n) is 4.75. The quantitative estimate of drug-likeness (QED) is 0.844. The first kappa shape index (κ1) is 16.1. The Kier molecular flexibility index (Phi) is 5.90. The predicted molar refractivity (Wildman–Crippen MR) is 86.6 cm³/mol. The summed E-state index contributed by atoms with van der Waals surface area (Å²) in [5, 5.41) is 2.74. The molecule has 0 unspecified atom stereocenters. The van der Waals surface area contributed by atoms with Gasteiger partial charge in [-0.2, -0.15) is 0 Å². The first-order chi connectivity index (χ1) is 10.0. The third-order valence-corrected chi connectivity index (χ3v) is 4.51. The minimum absolute atomic E-state index is 0.114. The van der Waals surface area contributed by atoms with Crippen molar-refractivity contribution in [3.63, 3.8) is 0 Å². The van der Waals surface area contributed by atoms with Crippen LogP contribution < -0.4 is 5.32 Å². The zero-order chi connectivity index (χ0) is 15.2. The van der Waals surface area contributed by atoms with Gasteiger partial charge in [0.2, 0.25) is 5.91 Å². The highest BCUT2D eigenvalue weighted by Gasteiger charge is 2.09. The fourth-order valence-corrected chi connectivity index (χ4v) is 3.46. The number of nitrogens with zero attached hydrogens (tertiary/aromatic N) is 1. The lowest BCUT2D eigenvalue weighted by atomic mass is 10.2. The van der Waals surface area contributed by atoms with Crippen LogP contribution in [0.4, 0.5) is 4.39 Å². The highest BCUT2D eigenvalue weighted by atomic mass is 79.9. The Labute approximate surface area is 135 Å². The lowest BCUT2D eigenvalue weighted by Gasteiger charge is -2.15. The number of thiophene rings is 1. The van der Waals surface area contributed by atoms with E-state index >= 15 is 0 Å². The van der Waals surface area contributed by atoms with E-state index < -0.39 is 0 Å². The van der Waals surface area contributed by atoms with Gasteiger partial charge < -0.3 is 5.32 Å². The maximum atomic E-state index is 13.4. The molecule has 0 atom stereocenters. The summed E-state index contributed by atoms with van der Waals surface area (Å²) in [6.45, 7) is 1.21. The number of halogens is 2. The van der Waals surface area contributed by atoms with Crippen LogP contribution in [0.25, 0.3) is 0 Å². The summed E-state index contributed by atoms with van der Waals surface area (Å²) < 4.78 is 14.5. The first-order valence-corrected chi connectivity index (χ1v) is 8.08. The molecule has 1 amide bonds. The van der Waals surface area contributed by atoms with Gasteiger partial charge in [0.1, 0.15) is 5.82 Å². The van der Waals surface area contributed by atoms with E-state index in [0.717, 1.165) is 3.79 Å². The monoisotopic (exact) mass is 370 g/mol. The molecule has 6 heteroatoms. The van der Waals surface area contributed by atoms with Crippen molar-refractivity contribution >= 4 is 33.2 Å². The lowest BCUT2D eigenvalue weighted by molar-refractivity contribution is -0.122. The molecule has 3 nitrogen and oxygen atoms in total. The fraction of sp³-hybridized carbons (Fsp3) is 0.267. The Morgan fingerprint density at radius 3 is 2.76 bits per heavy atom. The summed E-state index contributed by atoms with van der Waals surface area (Å²) in [6.07, 6.45) is 0. The Morgan fingerprint density at radius 1 is 1.33 bits per heavy atom. The summed E-state index contributed by atoms with van der Waals surface area (Å²) in [4.78, 5) is 15.0. The molecule has 21 heavy (non-hydrogen) atoms. The molecule has 112 valence electrons. The highest BCUT2D eigenvalue weighted by molar-refractivity contribution is 9.11. The minimum Gasteiger partial charge on any atom is -0.351 e. The van der Waals surface area contributed by atoms with Crippen molar-refractivity contribution in [1.82, 2.24) is 10.2 Å². The van der Waals surface area contributed by atoms with E-state index in [1.54, 1.807) is 29.5 Å². The molecule has 2 rings (SSSR count). The zero-order valence-corrected chi connectivity index (χ0v) is 14.0. The molecule has 1 N–H and O–H groups in total. The number of hydrogen-bond donors (Lipinski definition) is 1. The highest BCUT2D eigenvalue weighted by Crippen LogP contribution is 2.22. The van der Waals surface area contributed by atoms with Crippen LogP contribution in [-0.4, -0.2) is 24.4 Å². The van der Waals surface area contributed by atoms with Gasteiger partial charge in [-0.15, -0.1) is 11.3 Å². The Balaban J connectivity index is 1.77. The van der Waals surface area contributed by atoms with E-state index in [9.17, 15) is 9.18 Å². The van der Waals surface area contributed by atoms with Gasteiger partial charge in [0, 0.05) is 23.5 Å². The normalized spacial score (nSPS) is 10.9. The topological polar surface area (TPSA) is 32.3 Å². The number of carbonyl (C=O) groups excluding carboxylic acids is 1. The van der Waals surface area contributed by atoms with Crippen molar-refractivity contribution in [3.05, 3.63) is 56.4 Å². The van der Waals surface area contributed by atoms with Crippen LogP contribution in [0, 0.1) is 5.82 Å². The minimum atomic E-state index is -0.297. The van der Waals surface area contributed by atoms with Crippen molar-refractivity contribution in [2.75, 3.05) is 13.6 Å². The molecule has 0 saturated heterocycles. The predicted octanol–water partition coefficient (Wildman–Crippen LogP) is 3.40. The maximum absolute atomic E-state index is 13.4. The third-order valence-electron chi connectivity index (χ3n) is 2.90. The largest absolute Gasteiger partial charge is 0.351 e. The first-order valence-electron chi connectivity index (χ1n) is 6.47. The van der Waals surface area contributed by atoms with Gasteiger partial charge in [-0.25, -0.2) is 4.39 Å². The molecule has 0 aliphatic heterocycles. The molecule has 0 spiro atoms. The van der Waals surface area contributed by atoms with E-state index in [1.165, 1.54) is 10.9 Å². The van der Waals surface area contributed by atoms with Crippen molar-refractivity contribution in [2.45, 2.75) is 13.1 Å². The fourth-order valence-electron chi connectivity index (χ4n) is 1.90. The smallest absolute Gasteiger partial charge is 0.234 e. The Hall–Kier alpha value is -1.24. The lowest BCUT2D eigenvalue weighted by Crippen LogP contribution is -2.34. The van der Waals surface area contributed by atoms with E-state index in [1.807, 2.05) is 24.1 Å². The van der Waals surface area contributed by atoms with Crippen LogP contribution in [0.3, 0.4) is 0 Å². The van der Waals surface area contributed by atoms with Gasteiger partial charge in [-0.1, -0.05) is 18.2 Å². The van der Waals surface area contributed by atoms with Crippen molar-refractivity contribution < 1.29 is 9.18 Å². The van der Waals surface area contributed by atoms with Gasteiger partial charge in [0.05, 0.1) is 10.3 Å². The number of nitrogens with one attached hydrogen (secondary N) is 1. The molecule has 0 bridgehead atoms. The summed E-state index contributed by atoms with van der Waals surface area (Å²) in [5.74, 6) is -0.411. The van der Waals surface area contributed by atoms with Crippen molar-refractivity contribution in [2.24, 2.45) is 0 Å². The van der Waals surface area contributed by atoms with Gasteiger partial charge in [0.15, 0.2) is 0 Å². The molecule has 1 aromatic carbocycles. The molecule has 0 saturated carbocycles. The number of rotatable bonds is 6. The number of benzene rings is 1. The molecule has 1 heterocycles. The standard InChI is InChI=1S/C15H16BrFN2OS/c1-19(9-12-6-7-14(16)21-12)10-15(20)18-8-11-4-2-3-5-13(11)17/h2-7H,8-10H2,1H3,(H,18,20). The zero-order valence-electron chi connectivity index (χ0n) is 11.6. The van der Waals surface area contributed by atoms with E-state index in [2.05, 4.69) is 21.2 Å². The molecule has 0 aliphatic carbocycles. The van der Waals surface area contributed by atoms with Crippen LogP contribution in [0.2, 0.25) is 0 Å². The summed E-state index contributed by atoms with van der Waals surface area (Å²) >= 11 is 5.06. The second kappa shape index (κ2) is 7.68. The van der Waals surface area contributed by atoms with Crippen LogP contribution >= 0.6 is 27.3 Å². The van der Waals surface area contributed by atoms with E-state index in [-0.39, 0.29) is 24.8 Å². The van der Waals surface area contributed by atoms with Gasteiger partial charge in [0.25, 0.3) is 0 Å². The number of amides is 1. The van der Waals surface area contributed by atoms with Crippen molar-refractivity contribution in [1.29, 1.82) is 0 Å². The maximum Gasteiger partial charge on any atom is 0.234 e. The molecule has 1 aromatic heterocycles. The average Bonchev–Trinajstić information content (AvgIpc) is 2.83. The second-order valence-corrected chi connectivity index (χ2v) is 7.29. The Morgan fingerprint density at radius 2 is 2.10 bits per heavy atom. The van der Waals surface area contributed by atoms with E-state index in [4.69, 9.17) is 0 Å². The molecular weight excluding hydrogens is 355 g/mol.